The maximum atomic E-state index is 11.7. The minimum Gasteiger partial charge on any atom is -0.357 e. The molecule has 1 aliphatic rings. The highest BCUT2D eigenvalue weighted by atomic mass is 32.2. The molecule has 5 heteroatoms. The number of benzene rings is 2. The van der Waals surface area contributed by atoms with Crippen LogP contribution in [0.5, 0.6) is 0 Å². The van der Waals surface area contributed by atoms with Crippen LogP contribution in [0.2, 0.25) is 0 Å². The van der Waals surface area contributed by atoms with Crippen molar-refractivity contribution in [3.63, 3.8) is 0 Å². The topological polar surface area (TPSA) is 55.2 Å². The van der Waals surface area contributed by atoms with E-state index in [4.69, 9.17) is 0 Å². The van der Waals surface area contributed by atoms with Gasteiger partial charge in [0.2, 0.25) is 0 Å². The fourth-order valence-corrected chi connectivity index (χ4v) is 4.03. The Kier molecular flexibility index (Phi) is 4.71. The molecule has 0 aliphatic carbocycles. The first-order chi connectivity index (χ1) is 11.6. The van der Waals surface area contributed by atoms with Gasteiger partial charge in [0.1, 0.15) is 5.92 Å². The standard InChI is InChI=1S/C19H18N2O2S/c1-13-18(21(22)23)17(15-9-5-3-6-10-15)19(14(2)20-13)24-16-11-7-4-8-12-16/h3-12,17,20H,1-2H3. The van der Waals surface area contributed by atoms with Crippen LogP contribution >= 0.6 is 11.8 Å². The number of nitrogens with zero attached hydrogens (tertiary/aromatic N) is 1. The smallest absolute Gasteiger partial charge is 0.277 e. The highest BCUT2D eigenvalue weighted by molar-refractivity contribution is 8.03. The van der Waals surface area contributed by atoms with Crippen molar-refractivity contribution in [2.24, 2.45) is 0 Å². The number of nitrogens with one attached hydrogen (secondary N) is 1. The Morgan fingerprint density at radius 3 is 2.12 bits per heavy atom. The van der Waals surface area contributed by atoms with Crippen molar-refractivity contribution >= 4 is 11.8 Å². The number of thioether (sulfide) groups is 1. The molecule has 1 atom stereocenters. The van der Waals surface area contributed by atoms with E-state index < -0.39 is 0 Å². The average Bonchev–Trinajstić information content (AvgIpc) is 2.58. The minimum atomic E-state index is -0.368. The second-order valence-corrected chi connectivity index (χ2v) is 6.76. The first kappa shape index (κ1) is 16.3. The number of allylic oxidation sites excluding steroid dienone is 3. The van der Waals surface area contributed by atoms with Crippen LogP contribution in [0.25, 0.3) is 0 Å². The summed E-state index contributed by atoms with van der Waals surface area (Å²) >= 11 is 1.58. The first-order valence-corrected chi connectivity index (χ1v) is 8.50. The molecule has 122 valence electrons. The Morgan fingerprint density at radius 1 is 0.958 bits per heavy atom. The molecule has 0 saturated carbocycles. The lowest BCUT2D eigenvalue weighted by Gasteiger charge is -2.27. The lowest BCUT2D eigenvalue weighted by molar-refractivity contribution is -0.430. The van der Waals surface area contributed by atoms with Crippen LogP contribution in [0.4, 0.5) is 0 Å². The van der Waals surface area contributed by atoms with Gasteiger partial charge in [-0.2, -0.15) is 0 Å². The van der Waals surface area contributed by atoms with Gasteiger partial charge in [0.25, 0.3) is 5.70 Å². The first-order valence-electron chi connectivity index (χ1n) is 7.68. The summed E-state index contributed by atoms with van der Waals surface area (Å²) in [6.07, 6.45) is 0. The molecule has 1 N–H and O–H groups in total. The lowest BCUT2D eigenvalue weighted by atomic mass is 9.91. The van der Waals surface area contributed by atoms with Gasteiger partial charge in [0.15, 0.2) is 0 Å². The zero-order chi connectivity index (χ0) is 17.1. The van der Waals surface area contributed by atoms with Crippen molar-refractivity contribution in [3.05, 3.63) is 98.3 Å². The number of hydrogen-bond donors (Lipinski definition) is 1. The monoisotopic (exact) mass is 338 g/mol. The van der Waals surface area contributed by atoms with Crippen LogP contribution in [-0.4, -0.2) is 4.92 Å². The van der Waals surface area contributed by atoms with Crippen molar-refractivity contribution in [2.75, 3.05) is 0 Å². The Balaban J connectivity index is 2.10. The summed E-state index contributed by atoms with van der Waals surface area (Å²) in [6, 6.07) is 19.6. The molecule has 1 aliphatic heterocycles. The third-order valence-corrected chi connectivity index (χ3v) is 5.23. The van der Waals surface area contributed by atoms with E-state index in [-0.39, 0.29) is 16.5 Å². The third-order valence-electron chi connectivity index (χ3n) is 3.97. The van der Waals surface area contributed by atoms with Crippen LogP contribution in [0, 0.1) is 10.1 Å². The Morgan fingerprint density at radius 2 is 1.54 bits per heavy atom. The predicted molar refractivity (Wildman–Crippen MR) is 97.0 cm³/mol. The van der Waals surface area contributed by atoms with E-state index in [0.717, 1.165) is 21.1 Å². The highest BCUT2D eigenvalue weighted by Crippen LogP contribution is 2.45. The van der Waals surface area contributed by atoms with Crippen LogP contribution in [-0.2, 0) is 0 Å². The van der Waals surface area contributed by atoms with Gasteiger partial charge in [-0.15, -0.1) is 0 Å². The van der Waals surface area contributed by atoms with Gasteiger partial charge >= 0.3 is 0 Å². The number of dihydropyridines is 1. The fraction of sp³-hybridized carbons (Fsp3) is 0.158. The third kappa shape index (κ3) is 3.21. The van der Waals surface area contributed by atoms with Gasteiger partial charge in [0.05, 0.1) is 10.6 Å². The van der Waals surface area contributed by atoms with Gasteiger partial charge in [0, 0.05) is 15.5 Å². The zero-order valence-corrected chi connectivity index (χ0v) is 14.3. The van der Waals surface area contributed by atoms with E-state index in [2.05, 4.69) is 5.32 Å². The number of rotatable bonds is 4. The van der Waals surface area contributed by atoms with Crippen LogP contribution in [0.3, 0.4) is 0 Å². The summed E-state index contributed by atoms with van der Waals surface area (Å²) in [6.45, 7) is 3.74. The summed E-state index contributed by atoms with van der Waals surface area (Å²) in [5.41, 5.74) is 2.71. The maximum Gasteiger partial charge on any atom is 0.277 e. The summed E-state index contributed by atoms with van der Waals surface area (Å²) in [5, 5.41) is 14.9. The van der Waals surface area contributed by atoms with Crippen LogP contribution in [0.1, 0.15) is 25.3 Å². The normalized spacial score (nSPS) is 17.7. The zero-order valence-electron chi connectivity index (χ0n) is 13.5. The quantitative estimate of drug-likeness (QED) is 0.636. The number of hydrogen-bond acceptors (Lipinski definition) is 4. The second-order valence-electron chi connectivity index (χ2n) is 5.64. The van der Waals surface area contributed by atoms with Crippen molar-refractivity contribution in [1.29, 1.82) is 0 Å². The van der Waals surface area contributed by atoms with Crippen molar-refractivity contribution in [3.8, 4) is 0 Å². The maximum absolute atomic E-state index is 11.7. The largest absolute Gasteiger partial charge is 0.357 e. The van der Waals surface area contributed by atoms with E-state index >= 15 is 0 Å². The Labute approximate surface area is 145 Å². The predicted octanol–water partition coefficient (Wildman–Crippen LogP) is 4.91. The molecule has 2 aromatic rings. The van der Waals surface area contributed by atoms with Crippen molar-refractivity contribution < 1.29 is 4.92 Å². The fourth-order valence-electron chi connectivity index (χ4n) is 2.91. The van der Waals surface area contributed by atoms with Crippen molar-refractivity contribution in [2.45, 2.75) is 24.7 Å². The molecule has 0 fully saturated rings. The second kappa shape index (κ2) is 6.93. The molecule has 0 bridgehead atoms. The molecule has 4 nitrogen and oxygen atoms in total. The molecule has 1 unspecified atom stereocenters. The van der Waals surface area contributed by atoms with Crippen LogP contribution in [0.15, 0.2) is 87.6 Å². The highest BCUT2D eigenvalue weighted by Gasteiger charge is 2.37. The van der Waals surface area contributed by atoms with Gasteiger partial charge in [-0.25, -0.2) is 0 Å². The lowest BCUT2D eigenvalue weighted by Crippen LogP contribution is -2.26. The van der Waals surface area contributed by atoms with Gasteiger partial charge in [-0.1, -0.05) is 60.3 Å². The van der Waals surface area contributed by atoms with Crippen molar-refractivity contribution in [1.82, 2.24) is 5.32 Å². The Hall–Kier alpha value is -2.53. The molecule has 0 amide bonds. The SMILES string of the molecule is CC1=C(Sc2ccccc2)C(c2ccccc2)C([N+](=O)[O-])=C(C)N1. The molecule has 0 aromatic heterocycles. The van der Waals surface area contributed by atoms with Gasteiger partial charge < -0.3 is 5.32 Å². The molecule has 0 radical (unpaired) electrons. The van der Waals surface area contributed by atoms with Gasteiger partial charge in [-0.3, -0.25) is 10.1 Å². The summed E-state index contributed by atoms with van der Waals surface area (Å²) in [7, 11) is 0. The van der Waals surface area contributed by atoms with E-state index in [1.807, 2.05) is 67.6 Å². The molecule has 2 aromatic carbocycles. The summed E-state index contributed by atoms with van der Waals surface area (Å²) in [4.78, 5) is 13.5. The molecular weight excluding hydrogens is 320 g/mol. The van der Waals surface area contributed by atoms with E-state index in [0.29, 0.717) is 5.70 Å². The summed E-state index contributed by atoms with van der Waals surface area (Å²) in [5.74, 6) is -0.368. The molecular formula is C19H18N2O2S. The summed E-state index contributed by atoms with van der Waals surface area (Å²) < 4.78 is 0. The van der Waals surface area contributed by atoms with E-state index in [1.165, 1.54) is 0 Å². The number of nitro groups is 1. The molecule has 1 heterocycles. The molecule has 24 heavy (non-hydrogen) atoms. The molecule has 3 rings (SSSR count). The van der Waals surface area contributed by atoms with Gasteiger partial charge in [-0.05, 0) is 31.5 Å². The average molecular weight is 338 g/mol. The van der Waals surface area contributed by atoms with Crippen LogP contribution < -0.4 is 5.32 Å². The Bertz CT molecular complexity index is 814. The van der Waals surface area contributed by atoms with E-state index in [1.54, 1.807) is 18.7 Å². The molecule has 0 saturated heterocycles. The molecule has 0 spiro atoms. The minimum absolute atomic E-state index is 0.213. The van der Waals surface area contributed by atoms with E-state index in [9.17, 15) is 10.1 Å².